The number of para-hydroxylation sites is 4. The monoisotopic (exact) mass is 772 g/mol. The first kappa shape index (κ1) is 34.8. The minimum absolute atomic E-state index is 0.211. The van der Waals surface area contributed by atoms with E-state index in [2.05, 4.69) is 36.4 Å². The molecular weight excluding hydrogens is 741 g/mol. The van der Waals surface area contributed by atoms with Crippen LogP contribution in [0.15, 0.2) is 194 Å². The number of hydrogen-bond donors (Lipinski definition) is 0. The fraction of sp³-hybridized carbons (Fsp3) is 0.0189. The Kier molecular flexibility index (Phi) is 7.85. The Morgan fingerprint density at radius 1 is 0.305 bits per heavy atom. The molecule has 282 valence electrons. The van der Waals surface area contributed by atoms with Gasteiger partial charge in [-0.15, -0.1) is 0 Å². The summed E-state index contributed by atoms with van der Waals surface area (Å²) in [5.74, 6) is -1.95. The Labute approximate surface area is 338 Å². The second-order valence-corrected chi connectivity index (χ2v) is 14.9. The Balaban J connectivity index is 1.26. The number of benzene rings is 9. The second-order valence-electron chi connectivity index (χ2n) is 14.9. The molecule has 0 radical (unpaired) electrons. The number of anilines is 6. The van der Waals surface area contributed by atoms with Gasteiger partial charge in [-0.3, -0.25) is 0 Å². The molecule has 0 atom stereocenters. The van der Waals surface area contributed by atoms with Gasteiger partial charge in [-0.2, -0.15) is 0 Å². The maximum atomic E-state index is 15.9. The van der Waals surface area contributed by atoms with Gasteiger partial charge in [0.25, 0.3) is 0 Å². The third-order valence-corrected chi connectivity index (χ3v) is 11.9. The number of halogens is 4. The summed E-state index contributed by atoms with van der Waals surface area (Å²) >= 11 is 0. The van der Waals surface area contributed by atoms with Crippen LogP contribution in [-0.4, -0.2) is 0 Å². The van der Waals surface area contributed by atoms with Crippen molar-refractivity contribution in [1.82, 2.24) is 0 Å². The standard InChI is InChI=1S/C53H32F4N2/c54-43-20-5-9-24-48(43)58(49-25-10-6-21-44(49)55)33-28-29-36-37-30-31-47(59(50-26-11-7-22-45(50)56)51-27-12-8-23-46(51)57)38-16-13-19-41(52(37)38)53(42(36)32-33)39-17-3-1-14-34(39)35-15-2-4-18-40(35)53/h1-32H. The highest BCUT2D eigenvalue weighted by Gasteiger charge is 2.50. The van der Waals surface area contributed by atoms with Crippen LogP contribution in [0.1, 0.15) is 22.3 Å². The van der Waals surface area contributed by atoms with Crippen LogP contribution < -0.4 is 9.80 Å². The molecule has 0 bridgehead atoms. The van der Waals surface area contributed by atoms with Crippen LogP contribution in [0.5, 0.6) is 0 Å². The molecule has 0 heterocycles. The molecule has 0 aromatic heterocycles. The van der Waals surface area contributed by atoms with Crippen molar-refractivity contribution < 1.29 is 17.6 Å². The van der Waals surface area contributed by atoms with Crippen LogP contribution in [0.4, 0.5) is 51.7 Å². The van der Waals surface area contributed by atoms with Crippen molar-refractivity contribution in [3.05, 3.63) is 240 Å². The molecule has 2 aliphatic carbocycles. The fourth-order valence-corrected chi connectivity index (χ4v) is 9.63. The van der Waals surface area contributed by atoms with Crippen molar-refractivity contribution in [2.75, 3.05) is 9.80 Å². The van der Waals surface area contributed by atoms with Gasteiger partial charge >= 0.3 is 0 Å². The van der Waals surface area contributed by atoms with Crippen LogP contribution in [0.3, 0.4) is 0 Å². The van der Waals surface area contributed by atoms with Gasteiger partial charge in [-0.05, 0) is 117 Å². The molecule has 1 spiro atoms. The molecule has 0 saturated heterocycles. The second kappa shape index (κ2) is 13.3. The minimum Gasteiger partial charge on any atom is -0.305 e. The van der Waals surface area contributed by atoms with Crippen molar-refractivity contribution in [2.24, 2.45) is 0 Å². The molecule has 59 heavy (non-hydrogen) atoms. The molecule has 0 amide bonds. The van der Waals surface area contributed by atoms with Gasteiger partial charge in [0.1, 0.15) is 23.3 Å². The summed E-state index contributed by atoms with van der Waals surface area (Å²) in [7, 11) is 0. The Morgan fingerprint density at radius 3 is 1.25 bits per heavy atom. The van der Waals surface area contributed by atoms with Gasteiger partial charge in [-0.1, -0.05) is 127 Å². The zero-order valence-corrected chi connectivity index (χ0v) is 31.4. The lowest BCUT2D eigenvalue weighted by Gasteiger charge is -2.41. The van der Waals surface area contributed by atoms with Gasteiger partial charge in [0.15, 0.2) is 0 Å². The highest BCUT2D eigenvalue weighted by molar-refractivity contribution is 6.12. The maximum absolute atomic E-state index is 15.9. The van der Waals surface area contributed by atoms with E-state index in [0.29, 0.717) is 11.4 Å². The molecule has 2 aliphatic rings. The van der Waals surface area contributed by atoms with E-state index >= 15 is 17.6 Å². The van der Waals surface area contributed by atoms with Gasteiger partial charge in [0, 0.05) is 11.1 Å². The molecular formula is C53H32F4N2. The van der Waals surface area contributed by atoms with Crippen molar-refractivity contribution >= 4 is 44.9 Å². The Morgan fingerprint density at radius 2 is 0.729 bits per heavy atom. The molecule has 0 saturated carbocycles. The average Bonchev–Trinajstić information content (AvgIpc) is 3.56. The zero-order valence-electron chi connectivity index (χ0n) is 31.4. The first-order chi connectivity index (χ1) is 29.0. The van der Waals surface area contributed by atoms with Crippen LogP contribution >= 0.6 is 0 Å². The van der Waals surface area contributed by atoms with Crippen LogP contribution in [0, 0.1) is 23.3 Å². The molecule has 0 fully saturated rings. The highest BCUT2D eigenvalue weighted by atomic mass is 19.1. The van der Waals surface area contributed by atoms with E-state index in [-0.39, 0.29) is 22.7 Å². The van der Waals surface area contributed by atoms with E-state index in [0.717, 1.165) is 55.3 Å². The molecule has 0 aliphatic heterocycles. The summed E-state index contributed by atoms with van der Waals surface area (Å²) in [4.78, 5) is 3.31. The van der Waals surface area contributed by atoms with Crippen LogP contribution in [-0.2, 0) is 5.41 Å². The number of rotatable bonds is 6. The zero-order chi connectivity index (χ0) is 39.8. The summed E-state index contributed by atoms with van der Waals surface area (Å²) in [6.45, 7) is 0. The summed E-state index contributed by atoms with van der Waals surface area (Å²) < 4.78 is 63.7. The SMILES string of the molecule is Fc1ccccc1N(c1ccc2c(c1)C1(c3ccccc3-c3ccccc31)c1cccc3c(N(c4ccccc4F)c4ccccc4F)ccc-2c13)c1ccccc1F. The normalized spacial score (nSPS) is 12.9. The van der Waals surface area contributed by atoms with E-state index in [1.165, 1.54) is 24.3 Å². The molecule has 9 aromatic carbocycles. The smallest absolute Gasteiger partial charge is 0.147 e. The third-order valence-electron chi connectivity index (χ3n) is 11.9. The fourth-order valence-electron chi connectivity index (χ4n) is 9.63. The summed E-state index contributed by atoms with van der Waals surface area (Å²) in [6.07, 6.45) is 0. The van der Waals surface area contributed by atoms with Crippen molar-refractivity contribution in [3.63, 3.8) is 0 Å². The van der Waals surface area contributed by atoms with E-state index in [4.69, 9.17) is 0 Å². The molecule has 0 N–H and O–H groups in total. The van der Waals surface area contributed by atoms with Gasteiger partial charge in [0.2, 0.25) is 0 Å². The molecule has 9 aromatic rings. The number of hydrogen-bond acceptors (Lipinski definition) is 2. The average molecular weight is 773 g/mol. The van der Waals surface area contributed by atoms with Crippen molar-refractivity contribution in [3.8, 4) is 22.3 Å². The molecule has 6 heteroatoms. The first-order valence-electron chi connectivity index (χ1n) is 19.5. The third kappa shape index (κ3) is 4.99. The number of nitrogens with zero attached hydrogens (tertiary/aromatic N) is 2. The molecule has 2 nitrogen and oxygen atoms in total. The van der Waals surface area contributed by atoms with E-state index in [1.807, 2.05) is 60.7 Å². The topological polar surface area (TPSA) is 6.48 Å². The van der Waals surface area contributed by atoms with Gasteiger partial charge in [0.05, 0.1) is 33.9 Å². The Hall–Kier alpha value is -7.44. The van der Waals surface area contributed by atoms with Gasteiger partial charge in [-0.25, -0.2) is 17.6 Å². The number of fused-ring (bicyclic) bond motifs is 9. The lowest BCUT2D eigenvalue weighted by molar-refractivity contribution is 0.619. The maximum Gasteiger partial charge on any atom is 0.147 e. The summed E-state index contributed by atoms with van der Waals surface area (Å²) in [5.41, 5.74) is 9.21. The van der Waals surface area contributed by atoms with E-state index in [1.54, 1.807) is 82.6 Å². The Bertz CT molecular complexity index is 3020. The summed E-state index contributed by atoms with van der Waals surface area (Å²) in [6, 6.07) is 58.6. The highest BCUT2D eigenvalue weighted by Crippen LogP contribution is 2.63. The summed E-state index contributed by atoms with van der Waals surface area (Å²) in [5, 5.41) is 1.75. The largest absolute Gasteiger partial charge is 0.305 e. The minimum atomic E-state index is -0.902. The van der Waals surface area contributed by atoms with Crippen molar-refractivity contribution in [2.45, 2.75) is 5.41 Å². The van der Waals surface area contributed by atoms with Crippen LogP contribution in [0.2, 0.25) is 0 Å². The molecule has 0 unspecified atom stereocenters. The molecule has 11 rings (SSSR count). The predicted octanol–water partition coefficient (Wildman–Crippen LogP) is 14.7. The lowest BCUT2D eigenvalue weighted by Crippen LogP contribution is -2.32. The first-order valence-corrected chi connectivity index (χ1v) is 19.5. The lowest BCUT2D eigenvalue weighted by atomic mass is 9.61. The predicted molar refractivity (Wildman–Crippen MR) is 229 cm³/mol. The van der Waals surface area contributed by atoms with Crippen LogP contribution in [0.25, 0.3) is 33.0 Å². The van der Waals surface area contributed by atoms with Crippen molar-refractivity contribution in [1.29, 1.82) is 0 Å². The quantitative estimate of drug-likeness (QED) is 0.155. The van der Waals surface area contributed by atoms with E-state index in [9.17, 15) is 0 Å². The van der Waals surface area contributed by atoms with Gasteiger partial charge < -0.3 is 9.80 Å². The van der Waals surface area contributed by atoms with E-state index < -0.39 is 28.7 Å².